The minimum absolute atomic E-state index is 0.330. The fourth-order valence-corrected chi connectivity index (χ4v) is 4.66. The lowest BCUT2D eigenvalue weighted by Crippen LogP contribution is -2.60. The number of rotatable bonds is 1. The van der Waals surface area contributed by atoms with Crippen LogP contribution in [0.4, 0.5) is 0 Å². The van der Waals surface area contributed by atoms with Gasteiger partial charge in [-0.1, -0.05) is 12.5 Å². The highest BCUT2D eigenvalue weighted by Gasteiger charge is 2.80. The Bertz CT molecular complexity index is 850. The zero-order valence-electron chi connectivity index (χ0n) is 13.4. The van der Waals surface area contributed by atoms with E-state index in [0.29, 0.717) is 18.5 Å². The number of hydrogen-bond donors (Lipinski definition) is 1. The molecule has 2 saturated heterocycles. The van der Waals surface area contributed by atoms with E-state index in [1.807, 2.05) is 12.1 Å². The smallest absolute Gasteiger partial charge is 0.217 e. The normalized spacial score (nSPS) is 37.7. The zero-order chi connectivity index (χ0) is 17.7. The van der Waals surface area contributed by atoms with Crippen LogP contribution < -0.4 is 0 Å². The minimum Gasteiger partial charge on any atom is -0.447 e. The van der Waals surface area contributed by atoms with Gasteiger partial charge in [-0.3, -0.25) is 10.4 Å². The number of hydrogen-bond acceptors (Lipinski definition) is 7. The van der Waals surface area contributed by atoms with Crippen molar-refractivity contribution in [2.24, 2.45) is 16.7 Å². The Labute approximate surface area is 144 Å². The van der Waals surface area contributed by atoms with Crippen LogP contribution in [0.3, 0.4) is 0 Å². The molecule has 0 radical (unpaired) electrons. The average molecular weight is 333 g/mol. The van der Waals surface area contributed by atoms with Crippen molar-refractivity contribution < 1.29 is 9.47 Å². The molecule has 3 fully saturated rings. The Morgan fingerprint density at radius 3 is 2.60 bits per heavy atom. The highest BCUT2D eigenvalue weighted by Crippen LogP contribution is 2.69. The first-order chi connectivity index (χ1) is 12.1. The van der Waals surface area contributed by atoms with Gasteiger partial charge >= 0.3 is 0 Å². The van der Waals surface area contributed by atoms with Crippen molar-refractivity contribution in [1.29, 1.82) is 21.2 Å². The molecular weight excluding hydrogens is 318 g/mol. The SMILES string of the molecule is N#CC1(C#N)[C@H](c2ccccn2)O[C@@]23CCCC[C@H]2[C@@]1(C#N)C(=N)O3. The largest absolute Gasteiger partial charge is 0.447 e. The van der Waals surface area contributed by atoms with E-state index in [-0.39, 0.29) is 5.90 Å². The van der Waals surface area contributed by atoms with Crippen molar-refractivity contribution in [3.63, 3.8) is 0 Å². The highest BCUT2D eigenvalue weighted by atomic mass is 16.7. The van der Waals surface area contributed by atoms with Gasteiger partial charge in [0, 0.05) is 12.6 Å². The third kappa shape index (κ3) is 1.60. The Balaban J connectivity index is 2.01. The third-order valence-corrected chi connectivity index (χ3v) is 5.77. The van der Waals surface area contributed by atoms with Crippen molar-refractivity contribution in [1.82, 2.24) is 4.98 Å². The molecular formula is C18H15N5O2. The number of ether oxygens (including phenoxy) is 2. The molecule has 7 heteroatoms. The first-order valence-corrected chi connectivity index (χ1v) is 8.21. The quantitative estimate of drug-likeness (QED) is 0.841. The van der Waals surface area contributed by atoms with Gasteiger partial charge in [-0.05, 0) is 25.0 Å². The van der Waals surface area contributed by atoms with Crippen molar-refractivity contribution in [2.45, 2.75) is 37.6 Å². The van der Waals surface area contributed by atoms with Gasteiger partial charge in [-0.25, -0.2) is 0 Å². The Morgan fingerprint density at radius 2 is 1.96 bits per heavy atom. The van der Waals surface area contributed by atoms with E-state index in [9.17, 15) is 15.8 Å². The van der Waals surface area contributed by atoms with Gasteiger partial charge in [0.2, 0.25) is 17.1 Å². The van der Waals surface area contributed by atoms with Crippen LogP contribution in [0.2, 0.25) is 0 Å². The summed E-state index contributed by atoms with van der Waals surface area (Å²) in [5.74, 6) is -1.97. The van der Waals surface area contributed by atoms with Crippen LogP contribution >= 0.6 is 0 Å². The topological polar surface area (TPSA) is 127 Å². The van der Waals surface area contributed by atoms with Crippen LogP contribution in [0.15, 0.2) is 24.4 Å². The fourth-order valence-electron chi connectivity index (χ4n) is 4.66. The lowest BCUT2D eigenvalue weighted by molar-refractivity contribution is -0.295. The molecule has 2 aliphatic heterocycles. The molecule has 25 heavy (non-hydrogen) atoms. The zero-order valence-corrected chi connectivity index (χ0v) is 13.4. The molecule has 1 N–H and O–H groups in total. The van der Waals surface area contributed by atoms with Crippen molar-refractivity contribution in [3.8, 4) is 18.2 Å². The standard InChI is InChI=1S/C18H15N5O2/c19-9-16(10-20)14(12-5-2-4-8-23-12)24-18-7-3-1-6-13(18)17(16,11-21)15(22)25-18/h2,4-5,8,13-14,22H,1,3,6-7H2/t13-,14-,17-,18+/m0/s1. The number of pyridine rings is 1. The van der Waals surface area contributed by atoms with E-state index < -0.39 is 28.6 Å². The first kappa shape index (κ1) is 15.6. The second-order valence-electron chi connectivity index (χ2n) is 6.75. The van der Waals surface area contributed by atoms with Crippen molar-refractivity contribution in [3.05, 3.63) is 30.1 Å². The maximum Gasteiger partial charge on any atom is 0.217 e. The molecule has 4 atom stereocenters. The van der Waals surface area contributed by atoms with Crippen LogP contribution in [0.5, 0.6) is 0 Å². The van der Waals surface area contributed by atoms with Crippen molar-refractivity contribution in [2.75, 3.05) is 0 Å². The third-order valence-electron chi connectivity index (χ3n) is 5.77. The molecule has 0 spiro atoms. The maximum atomic E-state index is 10.1. The van der Waals surface area contributed by atoms with E-state index in [2.05, 4.69) is 11.1 Å². The minimum atomic E-state index is -1.89. The molecule has 4 rings (SSSR count). The van der Waals surface area contributed by atoms with Gasteiger partial charge < -0.3 is 9.47 Å². The monoisotopic (exact) mass is 333 g/mol. The highest BCUT2D eigenvalue weighted by molar-refractivity contribution is 5.89. The molecule has 0 aromatic carbocycles. The summed E-state index contributed by atoms with van der Waals surface area (Å²) >= 11 is 0. The maximum absolute atomic E-state index is 10.1. The molecule has 124 valence electrons. The van der Waals surface area contributed by atoms with Crippen LogP contribution in [0.1, 0.15) is 37.5 Å². The number of nitrogens with zero attached hydrogens (tertiary/aromatic N) is 4. The number of nitriles is 3. The number of aromatic nitrogens is 1. The Hall–Kier alpha value is -2.95. The van der Waals surface area contributed by atoms with Crippen molar-refractivity contribution >= 4 is 5.90 Å². The first-order valence-electron chi connectivity index (χ1n) is 8.21. The van der Waals surface area contributed by atoms with Gasteiger partial charge in [0.05, 0.1) is 29.8 Å². The summed E-state index contributed by atoms with van der Waals surface area (Å²) in [5.41, 5.74) is -3.15. The van der Waals surface area contributed by atoms with Crippen LogP contribution in [-0.2, 0) is 9.47 Å². The van der Waals surface area contributed by atoms with Crippen LogP contribution in [0.25, 0.3) is 0 Å². The van der Waals surface area contributed by atoms with E-state index in [4.69, 9.17) is 14.9 Å². The predicted octanol–water partition coefficient (Wildman–Crippen LogP) is 2.59. The second kappa shape index (κ2) is 5.02. The second-order valence-corrected chi connectivity index (χ2v) is 6.75. The van der Waals surface area contributed by atoms with E-state index in [1.54, 1.807) is 24.4 Å². The summed E-state index contributed by atoms with van der Waals surface area (Å²) in [6, 6.07) is 11.3. The number of nitrogens with one attached hydrogen (secondary N) is 1. The van der Waals surface area contributed by atoms with Gasteiger partial charge in [0.15, 0.2) is 5.41 Å². The molecule has 3 aliphatic rings. The van der Waals surface area contributed by atoms with E-state index in [1.165, 1.54) is 0 Å². The summed E-state index contributed by atoms with van der Waals surface area (Å²) in [7, 11) is 0. The molecule has 0 amide bonds. The molecule has 7 nitrogen and oxygen atoms in total. The predicted molar refractivity (Wildman–Crippen MR) is 83.3 cm³/mol. The summed E-state index contributed by atoms with van der Waals surface area (Å²) in [5, 5.41) is 38.5. The van der Waals surface area contributed by atoms with Crippen LogP contribution in [-0.4, -0.2) is 16.7 Å². The molecule has 1 aromatic rings. The average Bonchev–Trinajstić information content (AvgIpc) is 2.87. The van der Waals surface area contributed by atoms with Gasteiger partial charge in [0.1, 0.15) is 6.10 Å². The summed E-state index contributed by atoms with van der Waals surface area (Å²) in [4.78, 5) is 4.25. The molecule has 1 aliphatic carbocycles. The summed E-state index contributed by atoms with van der Waals surface area (Å²) in [6.45, 7) is 0. The molecule has 1 aromatic heterocycles. The summed E-state index contributed by atoms with van der Waals surface area (Å²) < 4.78 is 12.0. The lowest BCUT2D eigenvalue weighted by atomic mass is 9.52. The molecule has 1 saturated carbocycles. The van der Waals surface area contributed by atoms with E-state index >= 15 is 0 Å². The van der Waals surface area contributed by atoms with Gasteiger partial charge in [-0.15, -0.1) is 0 Å². The molecule has 3 heterocycles. The van der Waals surface area contributed by atoms with Crippen LogP contribution in [0, 0.1) is 56.2 Å². The Kier molecular flexibility index (Phi) is 3.13. The fraction of sp³-hybridized carbons (Fsp3) is 0.500. The van der Waals surface area contributed by atoms with Gasteiger partial charge in [-0.2, -0.15) is 15.8 Å². The molecule has 2 bridgehead atoms. The summed E-state index contributed by atoms with van der Waals surface area (Å²) in [6.07, 6.45) is 3.29. The van der Waals surface area contributed by atoms with E-state index in [0.717, 1.165) is 12.8 Å². The lowest BCUT2D eigenvalue weighted by Gasteiger charge is -2.51. The van der Waals surface area contributed by atoms with Gasteiger partial charge in [0.25, 0.3) is 0 Å². The molecule has 0 unspecified atom stereocenters. The Morgan fingerprint density at radius 1 is 1.16 bits per heavy atom.